The van der Waals surface area contributed by atoms with Crippen molar-refractivity contribution < 1.29 is 17.8 Å². The molecule has 0 amide bonds. The van der Waals surface area contributed by atoms with E-state index in [4.69, 9.17) is 27.6 Å². The van der Waals surface area contributed by atoms with E-state index in [0.29, 0.717) is 23.2 Å². The van der Waals surface area contributed by atoms with Crippen molar-refractivity contribution in [1.29, 1.82) is 0 Å². The van der Waals surface area contributed by atoms with Crippen LogP contribution in [-0.2, 0) is 21.3 Å². The Labute approximate surface area is 289 Å². The minimum atomic E-state index is -4.02. The number of nitrogens with two attached hydrogens (primary N) is 2. The highest BCUT2D eigenvalue weighted by Crippen LogP contribution is 2.20. The van der Waals surface area contributed by atoms with E-state index in [1.54, 1.807) is 25.1 Å². The highest BCUT2D eigenvalue weighted by molar-refractivity contribution is 9.10. The third-order valence-electron chi connectivity index (χ3n) is 6.26. The Hall–Kier alpha value is -2.90. The predicted octanol–water partition coefficient (Wildman–Crippen LogP) is 8.45. The molecule has 0 aliphatic carbocycles. The summed E-state index contributed by atoms with van der Waals surface area (Å²) in [5.74, 6) is 1.19. The molecule has 0 bridgehead atoms. The second-order valence-electron chi connectivity index (χ2n) is 10.1. The number of ketones is 1. The average molecular weight is 788 g/mol. The summed E-state index contributed by atoms with van der Waals surface area (Å²) in [5, 5.41) is 0.498. The zero-order valence-corrected chi connectivity index (χ0v) is 30.7. The Balaban J connectivity index is 0.000000573. The van der Waals surface area contributed by atoms with Gasteiger partial charge in [-0.2, -0.15) is 8.42 Å². The van der Waals surface area contributed by atoms with Crippen LogP contribution in [0.4, 0.5) is 11.6 Å². The van der Waals surface area contributed by atoms with Crippen molar-refractivity contribution >= 4 is 71.0 Å². The number of pyridine rings is 3. The molecule has 0 radical (unpaired) electrons. The third kappa shape index (κ3) is 14.8. The molecule has 246 valence electrons. The van der Waals surface area contributed by atoms with Crippen LogP contribution in [0, 0.1) is 48.5 Å². The average Bonchev–Trinajstić information content (AvgIpc) is 2.89. The van der Waals surface area contributed by atoms with E-state index in [-0.39, 0.29) is 18.1 Å². The fourth-order valence-corrected chi connectivity index (χ4v) is 5.05. The molecular weight excluding hydrogens is 746 g/mol. The second kappa shape index (κ2) is 18.9. The fourth-order valence-electron chi connectivity index (χ4n) is 3.26. The molecule has 4 rings (SSSR count). The number of carbonyl (C=O) groups excluding carboxylic acids is 1. The van der Waals surface area contributed by atoms with Crippen molar-refractivity contribution in [2.75, 3.05) is 11.5 Å². The van der Waals surface area contributed by atoms with Crippen LogP contribution in [0.3, 0.4) is 0 Å². The molecule has 3 aromatic heterocycles. The Morgan fingerprint density at radius 3 is 1.60 bits per heavy atom. The first-order valence-corrected chi connectivity index (χ1v) is 16.6. The molecule has 0 unspecified atom stereocenters. The third-order valence-corrected chi connectivity index (χ3v) is 9.04. The van der Waals surface area contributed by atoms with Gasteiger partial charge in [-0.05, 0) is 151 Å². The molecule has 3 heterocycles. The largest absolute Gasteiger partial charge is 0.384 e. The van der Waals surface area contributed by atoms with Gasteiger partial charge in [-0.15, -0.1) is 0 Å². The molecule has 0 fully saturated rings. The monoisotopic (exact) mass is 785 g/mol. The van der Waals surface area contributed by atoms with Crippen LogP contribution < -0.4 is 11.5 Å². The summed E-state index contributed by atoms with van der Waals surface area (Å²) in [4.78, 5) is 23.0. The number of rotatable bonds is 3. The molecule has 0 aliphatic rings. The number of hydrogen-bond acceptors (Lipinski definition) is 8. The van der Waals surface area contributed by atoms with Gasteiger partial charge < -0.3 is 11.5 Å². The quantitative estimate of drug-likeness (QED) is 0.137. The van der Waals surface area contributed by atoms with Crippen molar-refractivity contribution in [2.24, 2.45) is 0 Å². The Bertz CT molecular complexity index is 1590. The van der Waals surface area contributed by atoms with Gasteiger partial charge in [-0.3, -0.25) is 9.35 Å². The summed E-state index contributed by atoms with van der Waals surface area (Å²) in [6.07, 6.45) is 0.416. The lowest BCUT2D eigenvalue weighted by Crippen LogP contribution is -2.01. The van der Waals surface area contributed by atoms with E-state index in [0.717, 1.165) is 48.3 Å². The number of benzene rings is 1. The minimum Gasteiger partial charge on any atom is -0.384 e. The van der Waals surface area contributed by atoms with E-state index in [9.17, 15) is 13.2 Å². The molecule has 4 aromatic rings. The molecule has 45 heavy (non-hydrogen) atoms. The summed E-state index contributed by atoms with van der Waals surface area (Å²) < 4.78 is 31.2. The summed E-state index contributed by atoms with van der Waals surface area (Å²) in [6.45, 7) is 15.3. The van der Waals surface area contributed by atoms with Gasteiger partial charge in [0.25, 0.3) is 10.1 Å². The molecule has 0 atom stereocenters. The van der Waals surface area contributed by atoms with Crippen molar-refractivity contribution in [3.05, 3.63) is 101 Å². The highest BCUT2D eigenvalue weighted by atomic mass is 79.9. The van der Waals surface area contributed by atoms with Gasteiger partial charge in [0, 0.05) is 12.1 Å². The molecule has 1 aromatic carbocycles. The van der Waals surface area contributed by atoms with Gasteiger partial charge in [-0.1, -0.05) is 36.7 Å². The summed E-state index contributed by atoms with van der Waals surface area (Å²) in [7, 11) is -4.02. The maximum Gasteiger partial charge on any atom is 0.294 e. The van der Waals surface area contributed by atoms with Crippen LogP contribution in [0.1, 0.15) is 59.0 Å². The van der Waals surface area contributed by atoms with Crippen LogP contribution in [0.25, 0.3) is 0 Å². The molecule has 9 nitrogen and oxygen atoms in total. The van der Waals surface area contributed by atoms with Gasteiger partial charge in [-0.25, -0.2) is 15.0 Å². The lowest BCUT2D eigenvalue weighted by atomic mass is 10.1. The zero-order valence-electron chi connectivity index (χ0n) is 26.0. The van der Waals surface area contributed by atoms with Gasteiger partial charge >= 0.3 is 0 Å². The lowest BCUT2D eigenvalue weighted by Gasteiger charge is -2.05. The SMILES string of the molecule is C.CC(=O)Cc1cc(C)c(C)c(Br)n1.Cc1cc(N)nc(Br)c1C.Cc1cc(N)nc(Cl)c1C.Cc1ccc(S(=O)(=O)O)cc1. The van der Waals surface area contributed by atoms with Crippen LogP contribution in [0.2, 0.25) is 5.15 Å². The maximum atomic E-state index is 10.9. The van der Waals surface area contributed by atoms with Crippen molar-refractivity contribution in [2.45, 2.75) is 74.1 Å². The van der Waals surface area contributed by atoms with Crippen LogP contribution in [-0.4, -0.2) is 33.7 Å². The topological polar surface area (TPSA) is 162 Å². The number of Topliss-reactive ketones (excluding diaryl/α,β-unsaturated/α-hetero) is 1. The second-order valence-corrected chi connectivity index (χ2v) is 13.4. The van der Waals surface area contributed by atoms with Crippen molar-refractivity contribution in [3.63, 3.8) is 0 Å². The molecule has 0 spiro atoms. The number of anilines is 2. The van der Waals surface area contributed by atoms with E-state index in [1.807, 2.05) is 60.6 Å². The van der Waals surface area contributed by atoms with Crippen molar-refractivity contribution in [3.8, 4) is 0 Å². The van der Waals surface area contributed by atoms with E-state index < -0.39 is 10.1 Å². The summed E-state index contributed by atoms with van der Waals surface area (Å²) >= 11 is 12.4. The van der Waals surface area contributed by atoms with Gasteiger partial charge in [0.2, 0.25) is 0 Å². The molecule has 13 heteroatoms. The molecule has 0 saturated carbocycles. The Morgan fingerprint density at radius 1 is 0.778 bits per heavy atom. The van der Waals surface area contributed by atoms with Gasteiger partial charge in [0.15, 0.2) is 0 Å². The van der Waals surface area contributed by atoms with Gasteiger partial charge in [0.1, 0.15) is 31.8 Å². The van der Waals surface area contributed by atoms with Crippen LogP contribution in [0.5, 0.6) is 0 Å². The number of aromatic nitrogens is 3. The number of nitrogen functional groups attached to an aromatic ring is 2. The summed E-state index contributed by atoms with van der Waals surface area (Å²) in [5.41, 5.74) is 19.4. The number of aryl methyl sites for hydroxylation is 4. The number of halogens is 3. The number of carbonyl (C=O) groups is 1. The summed E-state index contributed by atoms with van der Waals surface area (Å²) in [6, 6.07) is 11.6. The van der Waals surface area contributed by atoms with Crippen LogP contribution in [0.15, 0.2) is 56.6 Å². The van der Waals surface area contributed by atoms with Gasteiger partial charge in [0.05, 0.1) is 4.90 Å². The smallest absolute Gasteiger partial charge is 0.294 e. The van der Waals surface area contributed by atoms with E-state index >= 15 is 0 Å². The first-order valence-electron chi connectivity index (χ1n) is 13.2. The predicted molar refractivity (Wildman–Crippen MR) is 192 cm³/mol. The zero-order chi connectivity index (χ0) is 33.9. The molecular formula is C32H42Br2ClN5O4S. The number of nitrogens with zero attached hydrogens (tertiary/aromatic N) is 3. The highest BCUT2D eigenvalue weighted by Gasteiger charge is 2.07. The van der Waals surface area contributed by atoms with E-state index in [1.165, 1.54) is 17.7 Å². The number of hydrogen-bond donors (Lipinski definition) is 3. The van der Waals surface area contributed by atoms with Crippen LogP contribution >= 0.6 is 43.5 Å². The first-order chi connectivity index (χ1) is 20.2. The molecule has 5 N–H and O–H groups in total. The first kappa shape index (κ1) is 42.1. The Kier molecular flexibility index (Phi) is 17.7. The standard InChI is InChI=1S/C10H12BrNO.C7H9BrN2.C7H9ClN2.C7H8O3S.CH4/c1-6-4-9(5-7(2)13)12-10(11)8(6)3;2*1-4-3-6(9)10-7(8)5(4)2;1-6-2-4-7(5-3-6)11(8,9)10;/h4H,5H2,1-3H3;2*3H,1-2H3,(H2,9,10);2-5H,1H3,(H,8,9,10);1H4. The normalized spacial score (nSPS) is 10.1. The lowest BCUT2D eigenvalue weighted by molar-refractivity contribution is -0.116. The molecule has 0 aliphatic heterocycles. The fraction of sp³-hybridized carbons (Fsp3) is 0.312. The minimum absolute atomic E-state index is 0. The Morgan fingerprint density at radius 2 is 1.20 bits per heavy atom. The molecule has 0 saturated heterocycles. The maximum absolute atomic E-state index is 10.9. The van der Waals surface area contributed by atoms with E-state index in [2.05, 4.69) is 46.8 Å². The van der Waals surface area contributed by atoms with Crippen molar-refractivity contribution in [1.82, 2.24) is 15.0 Å².